The second-order valence-corrected chi connectivity index (χ2v) is 5.77. The predicted molar refractivity (Wildman–Crippen MR) is 68.3 cm³/mol. The number of nitrogens with zero attached hydrogens (tertiary/aromatic N) is 2. The Morgan fingerprint density at radius 3 is 2.32 bits per heavy atom. The van der Waals surface area contributed by atoms with Gasteiger partial charge in [-0.15, -0.1) is 0 Å². The van der Waals surface area contributed by atoms with Crippen LogP contribution in [0.1, 0.15) is 32.0 Å². The molecule has 0 saturated carbocycles. The van der Waals surface area contributed by atoms with Crippen LogP contribution in [-0.2, 0) is 11.6 Å². The number of aromatic nitrogens is 2. The van der Waals surface area contributed by atoms with Gasteiger partial charge in [-0.05, 0) is 6.07 Å². The number of rotatable bonds is 0. The van der Waals surface area contributed by atoms with Crippen molar-refractivity contribution in [1.82, 2.24) is 9.38 Å². The van der Waals surface area contributed by atoms with Crippen molar-refractivity contribution in [2.24, 2.45) is 0 Å². The van der Waals surface area contributed by atoms with Gasteiger partial charge in [0.25, 0.3) is 0 Å². The molecule has 0 fully saturated rings. The van der Waals surface area contributed by atoms with Gasteiger partial charge in [0.2, 0.25) is 0 Å². The largest absolute Gasteiger partial charge is 0.417 e. The van der Waals surface area contributed by atoms with Crippen LogP contribution in [0.25, 0.3) is 5.65 Å². The standard InChI is InChI=1S/C12H13ClF3N3/c1-11(2,3)8-9(17)19-5-6(12(14,15)16)4-7(13)10(19)18-8/h4-5H,17H2,1-3H3. The predicted octanol–water partition coefficient (Wildman–Crippen LogP) is 3.89. The number of alkyl halides is 3. The van der Waals surface area contributed by atoms with Gasteiger partial charge >= 0.3 is 6.18 Å². The molecule has 0 bridgehead atoms. The highest BCUT2D eigenvalue weighted by Crippen LogP contribution is 2.35. The summed E-state index contributed by atoms with van der Waals surface area (Å²) in [5.74, 6) is 0.176. The molecule has 3 nitrogen and oxygen atoms in total. The first kappa shape index (κ1) is 14.0. The van der Waals surface area contributed by atoms with Gasteiger partial charge in [-0.25, -0.2) is 4.98 Å². The van der Waals surface area contributed by atoms with E-state index in [1.54, 1.807) is 0 Å². The van der Waals surface area contributed by atoms with Crippen LogP contribution in [0.4, 0.5) is 19.0 Å². The molecule has 104 valence electrons. The van der Waals surface area contributed by atoms with Crippen molar-refractivity contribution < 1.29 is 13.2 Å². The van der Waals surface area contributed by atoms with Gasteiger partial charge in [0.05, 0.1) is 16.3 Å². The molecule has 0 aliphatic heterocycles. The third-order valence-corrected chi connectivity index (χ3v) is 3.03. The van der Waals surface area contributed by atoms with E-state index in [0.717, 1.165) is 12.3 Å². The SMILES string of the molecule is CC(C)(C)c1nc2c(Cl)cc(C(F)(F)F)cn2c1N. The molecule has 2 aromatic rings. The molecule has 0 aliphatic carbocycles. The number of fused-ring (bicyclic) bond motifs is 1. The maximum absolute atomic E-state index is 12.7. The summed E-state index contributed by atoms with van der Waals surface area (Å²) >= 11 is 5.86. The molecule has 0 saturated heterocycles. The summed E-state index contributed by atoms with van der Waals surface area (Å²) in [5.41, 5.74) is 5.41. The van der Waals surface area contributed by atoms with Gasteiger partial charge in [0.1, 0.15) is 5.82 Å². The minimum absolute atomic E-state index is 0.0722. The van der Waals surface area contributed by atoms with Gasteiger partial charge in [0.15, 0.2) is 5.65 Å². The Hall–Kier alpha value is -1.43. The molecule has 0 unspecified atom stereocenters. The lowest BCUT2D eigenvalue weighted by atomic mass is 9.92. The molecule has 19 heavy (non-hydrogen) atoms. The Morgan fingerprint density at radius 2 is 1.84 bits per heavy atom. The van der Waals surface area contributed by atoms with Crippen LogP contribution in [0.15, 0.2) is 12.3 Å². The Bertz CT molecular complexity index is 638. The zero-order chi connectivity index (χ0) is 14.6. The normalized spacial score (nSPS) is 13.2. The summed E-state index contributed by atoms with van der Waals surface area (Å²) < 4.78 is 39.4. The molecule has 0 aliphatic rings. The zero-order valence-corrected chi connectivity index (χ0v) is 11.4. The summed E-state index contributed by atoms with van der Waals surface area (Å²) in [5, 5.41) is -0.0722. The fourth-order valence-corrected chi connectivity index (χ4v) is 2.08. The van der Waals surface area contributed by atoms with Crippen LogP contribution < -0.4 is 5.73 Å². The van der Waals surface area contributed by atoms with E-state index in [9.17, 15) is 13.2 Å². The molecule has 2 rings (SSSR count). The van der Waals surface area contributed by atoms with E-state index in [2.05, 4.69) is 4.98 Å². The summed E-state index contributed by atoms with van der Waals surface area (Å²) in [6.45, 7) is 5.64. The van der Waals surface area contributed by atoms with E-state index >= 15 is 0 Å². The van der Waals surface area contributed by atoms with E-state index in [1.165, 1.54) is 4.40 Å². The quantitative estimate of drug-likeness (QED) is 0.800. The first-order chi connectivity index (χ1) is 8.51. The summed E-state index contributed by atoms with van der Waals surface area (Å²) in [7, 11) is 0. The van der Waals surface area contributed by atoms with Crippen molar-refractivity contribution in [1.29, 1.82) is 0 Å². The highest BCUT2D eigenvalue weighted by atomic mass is 35.5. The van der Waals surface area contributed by atoms with Crippen LogP contribution in [0.3, 0.4) is 0 Å². The fourth-order valence-electron chi connectivity index (χ4n) is 1.83. The van der Waals surface area contributed by atoms with Crippen LogP contribution >= 0.6 is 11.6 Å². The molecule has 0 atom stereocenters. The average molecular weight is 292 g/mol. The molecule has 2 N–H and O–H groups in total. The van der Waals surface area contributed by atoms with Crippen LogP contribution in [0.5, 0.6) is 0 Å². The van der Waals surface area contributed by atoms with Gasteiger partial charge < -0.3 is 5.73 Å². The molecule has 2 aromatic heterocycles. The molecule has 7 heteroatoms. The monoisotopic (exact) mass is 291 g/mol. The number of pyridine rings is 1. The second-order valence-electron chi connectivity index (χ2n) is 5.36. The van der Waals surface area contributed by atoms with Crippen molar-refractivity contribution in [3.8, 4) is 0 Å². The van der Waals surface area contributed by atoms with Crippen molar-refractivity contribution in [2.45, 2.75) is 32.4 Å². The van der Waals surface area contributed by atoms with Crippen molar-refractivity contribution in [2.75, 3.05) is 5.73 Å². The number of anilines is 1. The van der Waals surface area contributed by atoms with Crippen LogP contribution in [0, 0.1) is 0 Å². The van der Waals surface area contributed by atoms with Crippen molar-refractivity contribution in [3.63, 3.8) is 0 Å². The molecule has 0 spiro atoms. The van der Waals surface area contributed by atoms with Crippen molar-refractivity contribution >= 4 is 23.1 Å². The topological polar surface area (TPSA) is 43.3 Å². The molecule has 0 amide bonds. The van der Waals surface area contributed by atoms with Gasteiger partial charge in [-0.3, -0.25) is 4.40 Å². The van der Waals surface area contributed by atoms with E-state index in [1.807, 2.05) is 20.8 Å². The Balaban J connectivity index is 2.79. The number of imidazole rings is 1. The maximum Gasteiger partial charge on any atom is 0.417 e. The maximum atomic E-state index is 12.7. The van der Waals surface area contributed by atoms with Crippen molar-refractivity contribution in [3.05, 3.63) is 28.5 Å². The lowest BCUT2D eigenvalue weighted by Crippen LogP contribution is -2.14. The molecule has 0 aromatic carbocycles. The van der Waals surface area contributed by atoms with Crippen LogP contribution in [-0.4, -0.2) is 9.38 Å². The number of nitrogens with two attached hydrogens (primary N) is 1. The number of halogens is 4. The van der Waals surface area contributed by atoms with Gasteiger partial charge in [-0.2, -0.15) is 13.2 Å². The third kappa shape index (κ3) is 2.36. The Kier molecular flexibility index (Phi) is 2.97. The number of hydrogen-bond donors (Lipinski definition) is 1. The van der Waals surface area contributed by atoms with Gasteiger partial charge in [-0.1, -0.05) is 32.4 Å². The first-order valence-corrected chi connectivity index (χ1v) is 5.94. The van der Waals surface area contributed by atoms with Crippen LogP contribution in [0.2, 0.25) is 5.02 Å². The zero-order valence-electron chi connectivity index (χ0n) is 10.6. The van der Waals surface area contributed by atoms with E-state index < -0.39 is 11.7 Å². The van der Waals surface area contributed by atoms with Gasteiger partial charge in [0, 0.05) is 11.6 Å². The molecular weight excluding hydrogens is 279 g/mol. The van der Waals surface area contributed by atoms with E-state index in [4.69, 9.17) is 17.3 Å². The molecule has 2 heterocycles. The molecular formula is C12H13ClF3N3. The second kappa shape index (κ2) is 4.03. The minimum atomic E-state index is -4.48. The number of nitrogen functional groups attached to an aromatic ring is 1. The minimum Gasteiger partial charge on any atom is -0.383 e. The Morgan fingerprint density at radius 1 is 1.26 bits per heavy atom. The fraction of sp³-hybridized carbons (Fsp3) is 0.417. The smallest absolute Gasteiger partial charge is 0.383 e. The lowest BCUT2D eigenvalue weighted by molar-refractivity contribution is -0.137. The third-order valence-electron chi connectivity index (χ3n) is 2.75. The highest BCUT2D eigenvalue weighted by Gasteiger charge is 2.33. The summed E-state index contributed by atoms with van der Waals surface area (Å²) in [6.07, 6.45) is -3.56. The Labute approximate surface area is 113 Å². The lowest BCUT2D eigenvalue weighted by Gasteiger charge is -2.15. The molecule has 0 radical (unpaired) electrons. The summed E-state index contributed by atoms with van der Waals surface area (Å²) in [6, 6.07) is 0.857. The highest BCUT2D eigenvalue weighted by molar-refractivity contribution is 6.33. The summed E-state index contributed by atoms with van der Waals surface area (Å²) in [4.78, 5) is 4.24. The van der Waals surface area contributed by atoms with E-state index in [-0.39, 0.29) is 21.9 Å². The first-order valence-electron chi connectivity index (χ1n) is 5.56. The number of hydrogen-bond acceptors (Lipinski definition) is 2. The van der Waals surface area contributed by atoms with E-state index in [0.29, 0.717) is 5.69 Å². The average Bonchev–Trinajstić information content (AvgIpc) is 2.55.